The van der Waals surface area contributed by atoms with Gasteiger partial charge in [-0.05, 0) is 44.7 Å². The normalized spacial score (nSPS) is 17.3. The van der Waals surface area contributed by atoms with Crippen molar-refractivity contribution in [2.45, 2.75) is 44.6 Å². The van der Waals surface area contributed by atoms with E-state index in [9.17, 15) is 4.79 Å². The molecule has 1 aliphatic carbocycles. The van der Waals surface area contributed by atoms with E-state index in [0.717, 1.165) is 19.3 Å². The highest BCUT2D eigenvalue weighted by Gasteiger charge is 2.43. The molecule has 0 unspecified atom stereocenters. The van der Waals surface area contributed by atoms with Crippen molar-refractivity contribution in [3.63, 3.8) is 0 Å². The van der Waals surface area contributed by atoms with Gasteiger partial charge in [0.1, 0.15) is 0 Å². The first-order chi connectivity index (χ1) is 9.72. The third-order valence-electron chi connectivity index (χ3n) is 3.68. The molecule has 1 aromatic rings. The Labute approximate surface area is 120 Å². The van der Waals surface area contributed by atoms with Gasteiger partial charge in [0.2, 0.25) is 5.60 Å². The van der Waals surface area contributed by atoms with Gasteiger partial charge in [0, 0.05) is 0 Å². The minimum Gasteiger partial charge on any atom is -0.493 e. The fourth-order valence-electron chi connectivity index (χ4n) is 2.65. The summed E-state index contributed by atoms with van der Waals surface area (Å²) in [6.07, 6.45) is 4.49. The maximum atomic E-state index is 12.3. The highest BCUT2D eigenvalue weighted by atomic mass is 16.6. The van der Waals surface area contributed by atoms with Gasteiger partial charge < -0.3 is 14.2 Å². The molecule has 0 saturated heterocycles. The second-order valence-corrected chi connectivity index (χ2v) is 5.03. The second kappa shape index (κ2) is 6.64. The average molecular weight is 278 g/mol. The summed E-state index contributed by atoms with van der Waals surface area (Å²) in [4.78, 5) is 12.3. The van der Waals surface area contributed by atoms with Crippen molar-refractivity contribution in [2.24, 2.45) is 0 Å². The largest absolute Gasteiger partial charge is 0.493 e. The predicted octanol–water partition coefficient (Wildman–Crippen LogP) is 3.34. The zero-order valence-electron chi connectivity index (χ0n) is 12.2. The van der Waals surface area contributed by atoms with Gasteiger partial charge >= 0.3 is 5.97 Å². The van der Waals surface area contributed by atoms with Crippen molar-refractivity contribution in [1.29, 1.82) is 0 Å². The van der Waals surface area contributed by atoms with Crippen LogP contribution in [0, 0.1) is 0 Å². The predicted molar refractivity (Wildman–Crippen MR) is 76.1 cm³/mol. The number of rotatable bonds is 5. The number of ether oxygens (including phenoxy) is 3. The minimum absolute atomic E-state index is 0.259. The van der Waals surface area contributed by atoms with E-state index < -0.39 is 5.60 Å². The summed E-state index contributed by atoms with van der Waals surface area (Å²) in [5, 5.41) is 0. The zero-order chi connectivity index (χ0) is 14.4. The lowest BCUT2D eigenvalue weighted by Crippen LogP contribution is -2.47. The van der Waals surface area contributed by atoms with Crippen LogP contribution >= 0.6 is 0 Å². The molecule has 0 aromatic heterocycles. The Morgan fingerprint density at radius 1 is 1.15 bits per heavy atom. The van der Waals surface area contributed by atoms with Crippen LogP contribution in [0.1, 0.15) is 39.0 Å². The number of hydrogen-bond donors (Lipinski definition) is 0. The van der Waals surface area contributed by atoms with Gasteiger partial charge in [-0.2, -0.15) is 0 Å². The molecule has 110 valence electrons. The van der Waals surface area contributed by atoms with Crippen LogP contribution in [-0.2, 0) is 9.53 Å². The Kier molecular flexibility index (Phi) is 4.88. The number of esters is 1. The number of benzene rings is 1. The Morgan fingerprint density at radius 3 is 2.40 bits per heavy atom. The van der Waals surface area contributed by atoms with E-state index in [1.54, 1.807) is 7.11 Å². The molecule has 2 rings (SSSR count). The molecule has 1 saturated carbocycles. The quantitative estimate of drug-likeness (QED) is 0.775. The first kappa shape index (κ1) is 14.7. The van der Waals surface area contributed by atoms with Crippen LogP contribution in [0.4, 0.5) is 0 Å². The van der Waals surface area contributed by atoms with Gasteiger partial charge in [-0.1, -0.05) is 18.6 Å². The minimum atomic E-state index is -0.858. The van der Waals surface area contributed by atoms with Crippen LogP contribution < -0.4 is 9.47 Å². The van der Waals surface area contributed by atoms with E-state index in [0.29, 0.717) is 30.9 Å². The van der Waals surface area contributed by atoms with Gasteiger partial charge in [0.05, 0.1) is 13.7 Å². The molecular formula is C16H22O4. The Hall–Kier alpha value is -1.71. The lowest BCUT2D eigenvalue weighted by atomic mass is 9.84. The molecule has 0 amide bonds. The van der Waals surface area contributed by atoms with Crippen molar-refractivity contribution >= 4 is 5.97 Å². The molecule has 1 aliphatic rings. The zero-order valence-corrected chi connectivity index (χ0v) is 12.2. The van der Waals surface area contributed by atoms with Gasteiger partial charge in [0.25, 0.3) is 0 Å². The van der Waals surface area contributed by atoms with Gasteiger partial charge in [-0.3, -0.25) is 0 Å². The number of carbonyl (C=O) groups is 1. The van der Waals surface area contributed by atoms with Crippen LogP contribution in [0.2, 0.25) is 0 Å². The highest BCUT2D eigenvalue weighted by Crippen LogP contribution is 2.37. The average Bonchev–Trinajstić information content (AvgIpc) is 2.49. The lowest BCUT2D eigenvalue weighted by Gasteiger charge is -2.35. The third-order valence-corrected chi connectivity index (χ3v) is 3.68. The number of carbonyl (C=O) groups excluding carboxylic acids is 1. The van der Waals surface area contributed by atoms with Gasteiger partial charge in [-0.15, -0.1) is 0 Å². The summed E-state index contributed by atoms with van der Waals surface area (Å²) in [5.41, 5.74) is -0.858. The van der Waals surface area contributed by atoms with E-state index in [1.807, 2.05) is 31.2 Å². The standard InChI is InChI=1S/C16H22O4/c1-3-19-15(17)16(11-7-4-8-12-16)20-14-10-6-5-9-13(14)18-2/h5-6,9-10H,3-4,7-8,11-12H2,1-2H3. The summed E-state index contributed by atoms with van der Waals surface area (Å²) >= 11 is 0. The third kappa shape index (κ3) is 3.06. The van der Waals surface area contributed by atoms with Crippen LogP contribution in [0.25, 0.3) is 0 Å². The molecule has 0 atom stereocenters. The van der Waals surface area contributed by atoms with Crippen LogP contribution in [0.3, 0.4) is 0 Å². The van der Waals surface area contributed by atoms with E-state index in [2.05, 4.69) is 0 Å². The topological polar surface area (TPSA) is 44.8 Å². The maximum Gasteiger partial charge on any atom is 0.350 e. The monoisotopic (exact) mass is 278 g/mol. The molecule has 0 bridgehead atoms. The molecule has 0 spiro atoms. The molecule has 20 heavy (non-hydrogen) atoms. The first-order valence-corrected chi connectivity index (χ1v) is 7.21. The first-order valence-electron chi connectivity index (χ1n) is 7.21. The molecule has 0 aliphatic heterocycles. The molecule has 0 radical (unpaired) electrons. The summed E-state index contributed by atoms with van der Waals surface area (Å²) in [5.74, 6) is 0.984. The Morgan fingerprint density at radius 2 is 1.80 bits per heavy atom. The van der Waals surface area contributed by atoms with Crippen molar-refractivity contribution in [3.05, 3.63) is 24.3 Å². The Balaban J connectivity index is 2.25. The van der Waals surface area contributed by atoms with Crippen LogP contribution in [0.15, 0.2) is 24.3 Å². The summed E-state index contributed by atoms with van der Waals surface area (Å²) < 4.78 is 16.6. The SMILES string of the molecule is CCOC(=O)C1(Oc2ccccc2OC)CCCCC1. The van der Waals surface area contributed by atoms with Crippen molar-refractivity contribution in [2.75, 3.05) is 13.7 Å². The van der Waals surface area contributed by atoms with Crippen molar-refractivity contribution in [1.82, 2.24) is 0 Å². The van der Waals surface area contributed by atoms with E-state index in [4.69, 9.17) is 14.2 Å². The second-order valence-electron chi connectivity index (χ2n) is 5.03. The summed E-state index contributed by atoms with van der Waals surface area (Å²) in [6.45, 7) is 2.19. The molecule has 0 N–H and O–H groups in total. The Bertz CT molecular complexity index is 450. The summed E-state index contributed by atoms with van der Waals surface area (Å²) in [7, 11) is 1.60. The molecule has 0 heterocycles. The molecular weight excluding hydrogens is 256 g/mol. The maximum absolute atomic E-state index is 12.3. The molecule has 1 fully saturated rings. The number of methoxy groups -OCH3 is 1. The number of para-hydroxylation sites is 2. The molecule has 4 nitrogen and oxygen atoms in total. The highest BCUT2D eigenvalue weighted by molar-refractivity contribution is 5.80. The fourth-order valence-corrected chi connectivity index (χ4v) is 2.65. The van der Waals surface area contributed by atoms with Crippen molar-refractivity contribution in [3.8, 4) is 11.5 Å². The van der Waals surface area contributed by atoms with E-state index in [1.165, 1.54) is 0 Å². The van der Waals surface area contributed by atoms with E-state index >= 15 is 0 Å². The molecule has 4 heteroatoms. The van der Waals surface area contributed by atoms with Gasteiger partial charge in [0.15, 0.2) is 11.5 Å². The lowest BCUT2D eigenvalue weighted by molar-refractivity contribution is -0.165. The summed E-state index contributed by atoms with van der Waals surface area (Å²) in [6, 6.07) is 7.41. The fraction of sp³-hybridized carbons (Fsp3) is 0.562. The smallest absolute Gasteiger partial charge is 0.350 e. The van der Waals surface area contributed by atoms with Crippen LogP contribution in [-0.4, -0.2) is 25.3 Å². The van der Waals surface area contributed by atoms with Crippen molar-refractivity contribution < 1.29 is 19.0 Å². The number of hydrogen-bond acceptors (Lipinski definition) is 4. The van der Waals surface area contributed by atoms with Crippen LogP contribution in [0.5, 0.6) is 11.5 Å². The van der Waals surface area contributed by atoms with E-state index in [-0.39, 0.29) is 5.97 Å². The molecule has 1 aromatic carbocycles. The van der Waals surface area contributed by atoms with Gasteiger partial charge in [-0.25, -0.2) is 4.79 Å².